The summed E-state index contributed by atoms with van der Waals surface area (Å²) in [5, 5.41) is 5.93. The minimum atomic E-state index is -0.260. The van der Waals surface area contributed by atoms with Crippen molar-refractivity contribution in [1.82, 2.24) is 10.2 Å². The molecule has 0 atom stereocenters. The number of likely N-dealkylation sites (N-methyl/N-ethyl adjacent to an activating group) is 1. The Bertz CT molecular complexity index is 993. The minimum Gasteiger partial charge on any atom is -0.355 e. The summed E-state index contributed by atoms with van der Waals surface area (Å²) < 4.78 is 0. The maximum absolute atomic E-state index is 13.1. The highest BCUT2D eigenvalue weighted by atomic mass is 32.2. The molecule has 1 fully saturated rings. The summed E-state index contributed by atoms with van der Waals surface area (Å²) >= 11 is 2.90. The van der Waals surface area contributed by atoms with Gasteiger partial charge in [-0.1, -0.05) is 43.5 Å². The van der Waals surface area contributed by atoms with Crippen LogP contribution >= 0.6 is 23.5 Å². The number of amides is 3. The first-order chi connectivity index (χ1) is 16.5. The van der Waals surface area contributed by atoms with E-state index in [1.54, 1.807) is 30.9 Å². The molecule has 2 aromatic carbocycles. The van der Waals surface area contributed by atoms with Crippen LogP contribution < -0.4 is 10.6 Å². The van der Waals surface area contributed by atoms with Crippen LogP contribution in [0.1, 0.15) is 42.5 Å². The quantitative estimate of drug-likeness (QED) is 0.454. The van der Waals surface area contributed by atoms with Gasteiger partial charge in [-0.2, -0.15) is 0 Å². The lowest BCUT2D eigenvalue weighted by Crippen LogP contribution is -2.35. The number of para-hydroxylation sites is 1. The van der Waals surface area contributed by atoms with Crippen molar-refractivity contribution >= 4 is 46.9 Å². The lowest BCUT2D eigenvalue weighted by atomic mass is 9.89. The Labute approximate surface area is 210 Å². The highest BCUT2D eigenvalue weighted by Gasteiger charge is 2.20. The molecular weight excluding hydrogens is 466 g/mol. The van der Waals surface area contributed by atoms with Gasteiger partial charge in [-0.05, 0) is 49.3 Å². The van der Waals surface area contributed by atoms with E-state index in [4.69, 9.17) is 0 Å². The number of benzene rings is 2. The molecule has 182 valence electrons. The number of nitrogens with one attached hydrogen (secondary N) is 2. The molecule has 0 bridgehead atoms. The summed E-state index contributed by atoms with van der Waals surface area (Å²) in [4.78, 5) is 41.1. The Morgan fingerprint density at radius 2 is 1.62 bits per heavy atom. The molecule has 8 heteroatoms. The molecule has 3 rings (SSSR count). The van der Waals surface area contributed by atoms with Gasteiger partial charge in [0.2, 0.25) is 11.8 Å². The van der Waals surface area contributed by atoms with Gasteiger partial charge < -0.3 is 15.5 Å². The Balaban J connectivity index is 1.53. The van der Waals surface area contributed by atoms with Crippen molar-refractivity contribution in [3.8, 4) is 0 Å². The van der Waals surface area contributed by atoms with Crippen LogP contribution in [0, 0.1) is 5.92 Å². The standard InChI is InChI=1S/C26H33N3O3S2/c1-29(17-24(30)28-21-13-7-9-15-23(21)33-2)26(32)20-12-6-8-14-22(20)34-18-25(31)27-16-19-10-4-3-5-11-19/h6-9,12-15,19H,3-5,10-11,16-18H2,1-2H3,(H,27,31)(H,28,30). The highest BCUT2D eigenvalue weighted by molar-refractivity contribution is 8.00. The summed E-state index contributed by atoms with van der Waals surface area (Å²) in [6.45, 7) is 0.667. The predicted octanol–water partition coefficient (Wildman–Crippen LogP) is 4.91. The topological polar surface area (TPSA) is 78.5 Å². The maximum Gasteiger partial charge on any atom is 0.255 e. The largest absolute Gasteiger partial charge is 0.355 e. The molecule has 0 saturated heterocycles. The summed E-state index contributed by atoms with van der Waals surface area (Å²) in [7, 11) is 1.61. The summed E-state index contributed by atoms with van der Waals surface area (Å²) in [6.07, 6.45) is 8.12. The summed E-state index contributed by atoms with van der Waals surface area (Å²) in [6, 6.07) is 14.8. The fourth-order valence-corrected chi connectivity index (χ4v) is 5.47. The van der Waals surface area contributed by atoms with Crippen molar-refractivity contribution in [3.63, 3.8) is 0 Å². The van der Waals surface area contributed by atoms with Crippen LogP contribution in [0.5, 0.6) is 0 Å². The SMILES string of the molecule is CSc1ccccc1NC(=O)CN(C)C(=O)c1ccccc1SCC(=O)NCC1CCCCC1. The number of hydrogen-bond acceptors (Lipinski definition) is 5. The van der Waals surface area contributed by atoms with Crippen molar-refractivity contribution < 1.29 is 14.4 Å². The molecular formula is C26H33N3O3S2. The van der Waals surface area contributed by atoms with Crippen LogP contribution in [0.3, 0.4) is 0 Å². The van der Waals surface area contributed by atoms with Crippen molar-refractivity contribution in [1.29, 1.82) is 0 Å². The Hall–Kier alpha value is -2.45. The normalized spacial score (nSPS) is 13.8. The van der Waals surface area contributed by atoms with E-state index in [0.29, 0.717) is 11.5 Å². The van der Waals surface area contributed by atoms with Gasteiger partial charge >= 0.3 is 0 Å². The van der Waals surface area contributed by atoms with Crippen molar-refractivity contribution in [2.24, 2.45) is 5.92 Å². The number of anilines is 1. The van der Waals surface area contributed by atoms with E-state index in [-0.39, 0.29) is 30.0 Å². The fourth-order valence-electron chi connectivity index (χ4n) is 4.04. The molecule has 0 unspecified atom stereocenters. The second kappa shape index (κ2) is 13.4. The molecule has 0 aliphatic heterocycles. The van der Waals surface area contributed by atoms with Gasteiger partial charge in [-0.3, -0.25) is 14.4 Å². The van der Waals surface area contributed by atoms with Crippen LogP contribution in [0.4, 0.5) is 5.69 Å². The van der Waals surface area contributed by atoms with Gasteiger partial charge in [0.25, 0.3) is 5.91 Å². The van der Waals surface area contributed by atoms with Crippen LogP contribution in [-0.2, 0) is 9.59 Å². The zero-order valence-electron chi connectivity index (χ0n) is 19.8. The zero-order chi connectivity index (χ0) is 24.3. The van der Waals surface area contributed by atoms with Gasteiger partial charge in [-0.15, -0.1) is 23.5 Å². The molecule has 2 aromatic rings. The summed E-state index contributed by atoms with van der Waals surface area (Å²) in [5.41, 5.74) is 1.23. The minimum absolute atomic E-state index is 0.0157. The predicted molar refractivity (Wildman–Crippen MR) is 141 cm³/mol. The van der Waals surface area contributed by atoms with E-state index in [1.165, 1.54) is 48.8 Å². The molecule has 1 aliphatic carbocycles. The molecule has 1 saturated carbocycles. The van der Waals surface area contributed by atoms with Crippen LogP contribution in [0.15, 0.2) is 58.3 Å². The van der Waals surface area contributed by atoms with E-state index >= 15 is 0 Å². The Morgan fingerprint density at radius 1 is 0.941 bits per heavy atom. The van der Waals surface area contributed by atoms with E-state index < -0.39 is 0 Å². The summed E-state index contributed by atoms with van der Waals surface area (Å²) in [5.74, 6) is 0.313. The third-order valence-electron chi connectivity index (χ3n) is 5.90. The number of carbonyl (C=O) groups excluding carboxylic acids is 3. The van der Waals surface area contributed by atoms with Crippen molar-refractivity contribution in [3.05, 3.63) is 54.1 Å². The Morgan fingerprint density at radius 3 is 2.35 bits per heavy atom. The molecule has 3 amide bonds. The molecule has 0 radical (unpaired) electrons. The van der Waals surface area contributed by atoms with Crippen molar-refractivity contribution in [2.75, 3.05) is 37.5 Å². The number of rotatable bonds is 10. The second-order valence-electron chi connectivity index (χ2n) is 8.50. The van der Waals surface area contributed by atoms with E-state index in [0.717, 1.165) is 22.0 Å². The first-order valence-corrected chi connectivity index (χ1v) is 13.9. The lowest BCUT2D eigenvalue weighted by Gasteiger charge is -2.21. The third kappa shape index (κ3) is 7.81. The number of hydrogen-bond donors (Lipinski definition) is 2. The first kappa shape index (κ1) is 26.2. The molecule has 0 heterocycles. The zero-order valence-corrected chi connectivity index (χ0v) is 21.5. The van der Waals surface area contributed by atoms with E-state index in [9.17, 15) is 14.4 Å². The van der Waals surface area contributed by atoms with Gasteiger partial charge in [-0.25, -0.2) is 0 Å². The van der Waals surface area contributed by atoms with Crippen LogP contribution in [0.2, 0.25) is 0 Å². The first-order valence-electron chi connectivity index (χ1n) is 11.6. The van der Waals surface area contributed by atoms with Crippen molar-refractivity contribution in [2.45, 2.75) is 41.9 Å². The molecule has 34 heavy (non-hydrogen) atoms. The molecule has 0 aromatic heterocycles. The fraction of sp³-hybridized carbons (Fsp3) is 0.423. The smallest absolute Gasteiger partial charge is 0.255 e. The maximum atomic E-state index is 13.1. The van der Waals surface area contributed by atoms with E-state index in [1.807, 2.05) is 42.7 Å². The molecule has 6 nitrogen and oxygen atoms in total. The number of nitrogens with zero attached hydrogens (tertiary/aromatic N) is 1. The average Bonchev–Trinajstić information content (AvgIpc) is 2.86. The average molecular weight is 500 g/mol. The Kier molecular flexibility index (Phi) is 10.3. The second-order valence-corrected chi connectivity index (χ2v) is 10.4. The van der Waals surface area contributed by atoms with Gasteiger partial charge in [0.1, 0.15) is 0 Å². The number of carbonyl (C=O) groups is 3. The monoisotopic (exact) mass is 499 g/mol. The van der Waals surface area contributed by atoms with E-state index in [2.05, 4.69) is 10.6 Å². The van der Waals surface area contributed by atoms with Gasteiger partial charge in [0, 0.05) is 23.4 Å². The lowest BCUT2D eigenvalue weighted by molar-refractivity contribution is -0.119. The third-order valence-corrected chi connectivity index (χ3v) is 7.77. The molecule has 0 spiro atoms. The molecule has 1 aliphatic rings. The highest BCUT2D eigenvalue weighted by Crippen LogP contribution is 2.26. The molecule has 2 N–H and O–H groups in total. The van der Waals surface area contributed by atoms with Gasteiger partial charge in [0.05, 0.1) is 23.5 Å². The number of thioether (sulfide) groups is 2. The van der Waals surface area contributed by atoms with Crippen LogP contribution in [0.25, 0.3) is 0 Å². The van der Waals surface area contributed by atoms with Gasteiger partial charge in [0.15, 0.2) is 0 Å². The van der Waals surface area contributed by atoms with Crippen LogP contribution in [-0.4, -0.2) is 54.8 Å².